The SMILES string of the molecule is COCCN1CC(CO)C2(CCN(C(=O)c3ccc(C#N)cc3)CC2)C1. The maximum absolute atomic E-state index is 12.7. The minimum Gasteiger partial charge on any atom is -0.396 e. The Morgan fingerprint density at radius 1 is 1.35 bits per heavy atom. The van der Waals surface area contributed by atoms with Gasteiger partial charge in [0.05, 0.1) is 18.2 Å². The highest BCUT2D eigenvalue weighted by molar-refractivity contribution is 5.94. The lowest BCUT2D eigenvalue weighted by molar-refractivity contribution is 0.0399. The first kappa shape index (κ1) is 18.8. The van der Waals surface area contributed by atoms with Crippen molar-refractivity contribution in [3.63, 3.8) is 0 Å². The van der Waals surface area contributed by atoms with Crippen LogP contribution < -0.4 is 0 Å². The monoisotopic (exact) mass is 357 g/mol. The number of hydrogen-bond acceptors (Lipinski definition) is 5. The zero-order valence-corrected chi connectivity index (χ0v) is 15.4. The van der Waals surface area contributed by atoms with E-state index in [1.54, 1.807) is 31.4 Å². The van der Waals surface area contributed by atoms with Gasteiger partial charge in [-0.25, -0.2) is 0 Å². The molecule has 26 heavy (non-hydrogen) atoms. The molecule has 3 rings (SSSR count). The van der Waals surface area contributed by atoms with Gasteiger partial charge in [-0.05, 0) is 42.5 Å². The quantitative estimate of drug-likeness (QED) is 0.861. The summed E-state index contributed by atoms with van der Waals surface area (Å²) in [6.07, 6.45) is 1.84. The summed E-state index contributed by atoms with van der Waals surface area (Å²) < 4.78 is 5.19. The number of benzene rings is 1. The van der Waals surface area contributed by atoms with Crippen molar-refractivity contribution >= 4 is 5.91 Å². The standard InChI is InChI=1S/C20H27N3O3/c1-26-11-10-22-13-18(14-24)20(15-22)6-8-23(9-7-20)19(25)17-4-2-16(12-21)3-5-17/h2-5,18,24H,6-11,13-15H2,1H3. The first-order chi connectivity index (χ1) is 12.6. The van der Waals surface area contributed by atoms with E-state index in [-0.39, 0.29) is 23.8 Å². The van der Waals surface area contributed by atoms with Crippen molar-refractivity contribution < 1.29 is 14.6 Å². The number of nitrogens with zero attached hydrogens (tertiary/aromatic N) is 3. The van der Waals surface area contributed by atoms with Crippen LogP contribution in [0.3, 0.4) is 0 Å². The molecular formula is C20H27N3O3. The number of ether oxygens (including phenoxy) is 1. The third-order valence-corrected chi connectivity index (χ3v) is 6.02. The molecule has 0 aromatic heterocycles. The fraction of sp³-hybridized carbons (Fsp3) is 0.600. The zero-order valence-electron chi connectivity index (χ0n) is 15.4. The van der Waals surface area contributed by atoms with Crippen molar-refractivity contribution in [1.82, 2.24) is 9.80 Å². The highest BCUT2D eigenvalue weighted by Gasteiger charge is 2.47. The highest BCUT2D eigenvalue weighted by Crippen LogP contribution is 2.44. The van der Waals surface area contributed by atoms with Crippen LogP contribution in [0, 0.1) is 22.7 Å². The number of piperidine rings is 1. The van der Waals surface area contributed by atoms with Crippen LogP contribution in [0.5, 0.6) is 0 Å². The minimum atomic E-state index is 0.0270. The van der Waals surface area contributed by atoms with Crippen LogP contribution in [0.2, 0.25) is 0 Å². The second-order valence-corrected chi connectivity index (χ2v) is 7.45. The molecule has 2 aliphatic rings. The fourth-order valence-electron chi connectivity index (χ4n) is 4.38. The predicted octanol–water partition coefficient (Wildman–Crippen LogP) is 1.35. The summed E-state index contributed by atoms with van der Waals surface area (Å²) in [4.78, 5) is 17.0. The van der Waals surface area contributed by atoms with Gasteiger partial charge in [-0.15, -0.1) is 0 Å². The van der Waals surface area contributed by atoms with Crippen LogP contribution in [0.4, 0.5) is 0 Å². The van der Waals surface area contributed by atoms with Crippen LogP contribution in [-0.2, 0) is 4.74 Å². The number of rotatable bonds is 5. The number of carbonyl (C=O) groups excluding carboxylic acids is 1. The van der Waals surface area contributed by atoms with Crippen molar-refractivity contribution in [1.29, 1.82) is 5.26 Å². The van der Waals surface area contributed by atoms with Crippen LogP contribution in [0.1, 0.15) is 28.8 Å². The van der Waals surface area contributed by atoms with E-state index in [0.29, 0.717) is 30.8 Å². The Morgan fingerprint density at radius 2 is 2.04 bits per heavy atom. The molecule has 0 radical (unpaired) electrons. The largest absolute Gasteiger partial charge is 0.396 e. The van der Waals surface area contributed by atoms with Gasteiger partial charge in [-0.1, -0.05) is 0 Å². The van der Waals surface area contributed by atoms with Crippen molar-refractivity contribution in [2.24, 2.45) is 11.3 Å². The maximum atomic E-state index is 12.7. The molecule has 1 N–H and O–H groups in total. The molecule has 0 saturated carbocycles. The summed E-state index contributed by atoms with van der Waals surface area (Å²) in [5.74, 6) is 0.297. The molecule has 1 atom stereocenters. The van der Waals surface area contributed by atoms with Gasteiger partial charge >= 0.3 is 0 Å². The van der Waals surface area contributed by atoms with Gasteiger partial charge < -0.3 is 19.6 Å². The number of methoxy groups -OCH3 is 1. The average molecular weight is 357 g/mol. The minimum absolute atomic E-state index is 0.0270. The molecule has 2 heterocycles. The van der Waals surface area contributed by atoms with Gasteiger partial charge in [0, 0.05) is 57.9 Å². The van der Waals surface area contributed by atoms with Gasteiger partial charge in [-0.3, -0.25) is 4.79 Å². The number of carbonyl (C=O) groups is 1. The molecule has 1 aromatic rings. The van der Waals surface area contributed by atoms with Crippen molar-refractivity contribution in [2.45, 2.75) is 12.8 Å². The van der Waals surface area contributed by atoms with E-state index in [1.807, 2.05) is 4.90 Å². The Labute approximate surface area is 155 Å². The number of aliphatic hydroxyl groups excluding tert-OH is 1. The smallest absolute Gasteiger partial charge is 0.253 e. The summed E-state index contributed by atoms with van der Waals surface area (Å²) in [5.41, 5.74) is 1.29. The van der Waals surface area contributed by atoms with E-state index in [2.05, 4.69) is 11.0 Å². The average Bonchev–Trinajstić information content (AvgIpc) is 3.03. The molecule has 1 spiro atoms. The summed E-state index contributed by atoms with van der Waals surface area (Å²) in [5, 5.41) is 18.7. The molecule has 0 aliphatic carbocycles. The molecule has 1 aromatic carbocycles. The Bertz CT molecular complexity index is 660. The van der Waals surface area contributed by atoms with Crippen molar-refractivity contribution in [3.8, 4) is 6.07 Å². The lowest BCUT2D eigenvalue weighted by Gasteiger charge is -2.42. The van der Waals surface area contributed by atoms with Crippen LogP contribution >= 0.6 is 0 Å². The lowest BCUT2D eigenvalue weighted by atomic mass is 9.71. The zero-order chi connectivity index (χ0) is 18.6. The normalized spacial score (nSPS) is 22.5. The molecule has 140 valence electrons. The molecule has 6 heteroatoms. The second kappa shape index (κ2) is 8.17. The van der Waals surface area contributed by atoms with E-state index >= 15 is 0 Å². The van der Waals surface area contributed by atoms with E-state index in [4.69, 9.17) is 10.00 Å². The molecule has 0 bridgehead atoms. The number of amides is 1. The second-order valence-electron chi connectivity index (χ2n) is 7.45. The Balaban J connectivity index is 1.62. The van der Waals surface area contributed by atoms with Crippen LogP contribution in [0.15, 0.2) is 24.3 Å². The number of aliphatic hydroxyl groups is 1. The van der Waals surface area contributed by atoms with Gasteiger partial charge in [0.25, 0.3) is 5.91 Å². The first-order valence-electron chi connectivity index (χ1n) is 9.23. The van der Waals surface area contributed by atoms with E-state index in [9.17, 15) is 9.90 Å². The third-order valence-electron chi connectivity index (χ3n) is 6.02. The van der Waals surface area contributed by atoms with Gasteiger partial charge in [-0.2, -0.15) is 5.26 Å². The molecule has 1 amide bonds. The van der Waals surface area contributed by atoms with Crippen LogP contribution in [0.25, 0.3) is 0 Å². The molecule has 2 aliphatic heterocycles. The predicted molar refractivity (Wildman–Crippen MR) is 97.6 cm³/mol. The Kier molecular flexibility index (Phi) is 5.92. The van der Waals surface area contributed by atoms with Gasteiger partial charge in [0.1, 0.15) is 0 Å². The first-order valence-corrected chi connectivity index (χ1v) is 9.23. The number of hydrogen-bond donors (Lipinski definition) is 1. The maximum Gasteiger partial charge on any atom is 0.253 e. The highest BCUT2D eigenvalue weighted by atomic mass is 16.5. The van der Waals surface area contributed by atoms with Gasteiger partial charge in [0.2, 0.25) is 0 Å². The summed E-state index contributed by atoms with van der Waals surface area (Å²) in [6.45, 7) is 5.11. The molecule has 2 fully saturated rings. The third kappa shape index (κ3) is 3.75. The molecule has 6 nitrogen and oxygen atoms in total. The summed E-state index contributed by atoms with van der Waals surface area (Å²) in [6, 6.07) is 8.90. The topological polar surface area (TPSA) is 76.8 Å². The van der Waals surface area contributed by atoms with Crippen molar-refractivity contribution in [2.75, 3.05) is 53.0 Å². The molecular weight excluding hydrogens is 330 g/mol. The summed E-state index contributed by atoms with van der Waals surface area (Å²) >= 11 is 0. The van der Waals surface area contributed by atoms with Crippen molar-refractivity contribution in [3.05, 3.63) is 35.4 Å². The Hall–Kier alpha value is -1.94. The van der Waals surface area contributed by atoms with E-state index in [0.717, 1.165) is 32.5 Å². The number of nitriles is 1. The summed E-state index contributed by atoms with van der Waals surface area (Å²) in [7, 11) is 1.71. The fourth-order valence-corrected chi connectivity index (χ4v) is 4.38. The van der Waals surface area contributed by atoms with E-state index < -0.39 is 0 Å². The molecule has 2 saturated heterocycles. The Morgan fingerprint density at radius 3 is 2.62 bits per heavy atom. The lowest BCUT2D eigenvalue weighted by Crippen LogP contribution is -2.47. The van der Waals surface area contributed by atoms with Crippen LogP contribution in [-0.4, -0.2) is 73.9 Å². The molecule has 1 unspecified atom stereocenters. The number of likely N-dealkylation sites (tertiary alicyclic amines) is 2. The van der Waals surface area contributed by atoms with Gasteiger partial charge in [0.15, 0.2) is 0 Å². The van der Waals surface area contributed by atoms with E-state index in [1.165, 1.54) is 0 Å².